The number of ether oxygens (including phenoxy) is 3. The Hall–Kier alpha value is -3.35. The first-order chi connectivity index (χ1) is 20.0. The van der Waals surface area contributed by atoms with E-state index in [0.717, 1.165) is 12.1 Å². The van der Waals surface area contributed by atoms with Crippen LogP contribution in [0.5, 0.6) is 17.2 Å². The van der Waals surface area contributed by atoms with E-state index in [0.29, 0.717) is 5.56 Å². The average Bonchev–Trinajstić information content (AvgIpc) is 2.97. The lowest BCUT2D eigenvalue weighted by Crippen LogP contribution is -2.60. The van der Waals surface area contributed by atoms with E-state index < -0.39 is 102 Å². The predicted molar refractivity (Wildman–Crippen MR) is 138 cm³/mol. The Morgan fingerprint density at radius 3 is 1.95 bits per heavy atom. The number of aliphatic hydroxyl groups is 8. The second-order valence-electron chi connectivity index (χ2n) is 10.1. The standard InChI is InChI=1S/C27H30O15/c28-7-15-19(33)21(35)23(37)26(40-15)18-14(41-27-24(38)22(36)20(34)16(8-29)42-27)6-12(32)17-11(31)5-13(39-25(17)18)9-1-3-10(30)4-2-9/h1-6,15-16,19-24,26-30,32-38H,7-8H2. The molecule has 0 amide bonds. The molecule has 10 unspecified atom stereocenters. The smallest absolute Gasteiger partial charge is 0.229 e. The Bertz CT molecular complexity index is 1470. The van der Waals surface area contributed by atoms with Crippen molar-refractivity contribution in [1.29, 1.82) is 0 Å². The molecular formula is C27H30O15. The molecule has 10 N–H and O–H groups in total. The first kappa shape index (κ1) is 30.1. The highest BCUT2D eigenvalue weighted by Gasteiger charge is 2.48. The molecule has 1 aromatic heterocycles. The molecule has 0 bridgehead atoms. The molecule has 3 aromatic rings. The summed E-state index contributed by atoms with van der Waals surface area (Å²) in [6.07, 6.45) is -17.3. The van der Waals surface area contributed by atoms with Crippen molar-refractivity contribution in [3.63, 3.8) is 0 Å². The van der Waals surface area contributed by atoms with Gasteiger partial charge in [0.15, 0.2) is 11.0 Å². The van der Waals surface area contributed by atoms with Crippen LogP contribution < -0.4 is 10.2 Å². The SMILES string of the molecule is O=c1cc(-c2ccc(O)cc2)oc2c(C3OC(CO)C(O)C(O)C3O)c(OC3OC(CO)C(O)C(O)C3O)cc(O)c12. The van der Waals surface area contributed by atoms with Crippen molar-refractivity contribution in [2.24, 2.45) is 0 Å². The third kappa shape index (κ3) is 5.20. The van der Waals surface area contributed by atoms with Crippen LogP contribution in [0.3, 0.4) is 0 Å². The van der Waals surface area contributed by atoms with Crippen molar-refractivity contribution >= 4 is 11.0 Å². The summed E-state index contributed by atoms with van der Waals surface area (Å²) in [5.74, 6) is -1.29. The molecule has 15 heteroatoms. The summed E-state index contributed by atoms with van der Waals surface area (Å²) >= 11 is 0. The van der Waals surface area contributed by atoms with Crippen LogP contribution >= 0.6 is 0 Å². The minimum Gasteiger partial charge on any atom is -0.508 e. The van der Waals surface area contributed by atoms with E-state index in [1.54, 1.807) is 0 Å². The summed E-state index contributed by atoms with van der Waals surface area (Å²) in [6, 6.07) is 7.48. The van der Waals surface area contributed by atoms with E-state index in [2.05, 4.69) is 0 Å². The molecule has 228 valence electrons. The number of hydrogen-bond donors (Lipinski definition) is 10. The molecule has 0 radical (unpaired) electrons. The van der Waals surface area contributed by atoms with E-state index in [9.17, 15) is 55.9 Å². The Balaban J connectivity index is 1.73. The van der Waals surface area contributed by atoms with E-state index in [4.69, 9.17) is 18.6 Å². The maximum Gasteiger partial charge on any atom is 0.229 e. The third-order valence-corrected chi connectivity index (χ3v) is 7.40. The van der Waals surface area contributed by atoms with Gasteiger partial charge in [-0.1, -0.05) is 0 Å². The van der Waals surface area contributed by atoms with Crippen molar-refractivity contribution in [2.75, 3.05) is 13.2 Å². The monoisotopic (exact) mass is 594 g/mol. The molecule has 2 fully saturated rings. The van der Waals surface area contributed by atoms with E-state index in [1.165, 1.54) is 24.3 Å². The number of aliphatic hydroxyl groups excluding tert-OH is 8. The minimum atomic E-state index is -1.92. The van der Waals surface area contributed by atoms with Gasteiger partial charge in [-0.25, -0.2) is 0 Å². The molecule has 2 aliphatic rings. The van der Waals surface area contributed by atoms with Crippen LogP contribution in [0.1, 0.15) is 11.7 Å². The second kappa shape index (κ2) is 11.7. The fraction of sp³-hybridized carbons (Fsp3) is 0.444. The highest BCUT2D eigenvalue weighted by atomic mass is 16.7. The largest absolute Gasteiger partial charge is 0.508 e. The number of phenols is 2. The van der Waals surface area contributed by atoms with Gasteiger partial charge >= 0.3 is 0 Å². The molecule has 2 aliphatic heterocycles. The van der Waals surface area contributed by atoms with Gasteiger partial charge in [-0.2, -0.15) is 0 Å². The van der Waals surface area contributed by atoms with Crippen molar-refractivity contribution in [3.05, 3.63) is 52.2 Å². The fourth-order valence-electron chi connectivity index (χ4n) is 5.08. The summed E-state index contributed by atoms with van der Waals surface area (Å²) in [5.41, 5.74) is -1.20. The van der Waals surface area contributed by atoms with Crippen molar-refractivity contribution in [3.8, 4) is 28.6 Å². The van der Waals surface area contributed by atoms with Gasteiger partial charge < -0.3 is 69.7 Å². The highest BCUT2D eigenvalue weighted by Crippen LogP contribution is 2.45. The van der Waals surface area contributed by atoms with Gasteiger partial charge in [0, 0.05) is 17.7 Å². The number of hydrogen-bond acceptors (Lipinski definition) is 15. The summed E-state index contributed by atoms with van der Waals surface area (Å²) in [7, 11) is 0. The Labute approximate surface area is 236 Å². The molecule has 5 rings (SSSR count). The first-order valence-corrected chi connectivity index (χ1v) is 12.9. The molecule has 2 saturated heterocycles. The topological polar surface area (TPSA) is 260 Å². The zero-order valence-electron chi connectivity index (χ0n) is 21.7. The van der Waals surface area contributed by atoms with Gasteiger partial charge in [-0.15, -0.1) is 0 Å². The normalized spacial score (nSPS) is 33.5. The van der Waals surface area contributed by atoms with Crippen LogP contribution in [0.2, 0.25) is 0 Å². The van der Waals surface area contributed by atoms with Crippen molar-refractivity contribution < 1.29 is 69.7 Å². The van der Waals surface area contributed by atoms with Crippen LogP contribution in [0.15, 0.2) is 45.6 Å². The lowest BCUT2D eigenvalue weighted by Gasteiger charge is -2.42. The molecule has 0 saturated carbocycles. The lowest BCUT2D eigenvalue weighted by atomic mass is 9.89. The molecule has 15 nitrogen and oxygen atoms in total. The number of benzene rings is 2. The van der Waals surface area contributed by atoms with Crippen LogP contribution in [-0.4, -0.2) is 119 Å². The molecule has 2 aromatic carbocycles. The Kier molecular flexibility index (Phi) is 8.41. The molecular weight excluding hydrogens is 564 g/mol. The second-order valence-corrected chi connectivity index (χ2v) is 10.1. The Morgan fingerprint density at radius 2 is 1.33 bits per heavy atom. The quantitative estimate of drug-likeness (QED) is 0.142. The van der Waals surface area contributed by atoms with E-state index in [1.807, 2.05) is 0 Å². The molecule has 10 atom stereocenters. The first-order valence-electron chi connectivity index (χ1n) is 12.9. The van der Waals surface area contributed by atoms with Crippen LogP contribution in [0.4, 0.5) is 0 Å². The molecule has 0 spiro atoms. The van der Waals surface area contributed by atoms with Gasteiger partial charge in [0.2, 0.25) is 6.29 Å². The zero-order chi connectivity index (χ0) is 30.5. The summed E-state index contributed by atoms with van der Waals surface area (Å²) in [6.45, 7) is -1.58. The average molecular weight is 595 g/mol. The Morgan fingerprint density at radius 1 is 0.738 bits per heavy atom. The predicted octanol–water partition coefficient (Wildman–Crippen LogP) is -2.44. The highest BCUT2D eigenvalue weighted by molar-refractivity contribution is 5.89. The molecule has 0 aliphatic carbocycles. The fourth-order valence-corrected chi connectivity index (χ4v) is 5.08. The maximum atomic E-state index is 13.2. The summed E-state index contributed by atoms with van der Waals surface area (Å²) in [5, 5.41) is 102. The number of fused-ring (bicyclic) bond motifs is 1. The van der Waals surface area contributed by atoms with Crippen LogP contribution in [0.25, 0.3) is 22.3 Å². The molecule has 3 heterocycles. The van der Waals surface area contributed by atoms with E-state index >= 15 is 0 Å². The third-order valence-electron chi connectivity index (χ3n) is 7.40. The van der Waals surface area contributed by atoms with Crippen molar-refractivity contribution in [2.45, 2.75) is 61.2 Å². The number of aromatic hydroxyl groups is 2. The number of phenolic OH excluding ortho intramolecular Hbond substituents is 2. The van der Waals surface area contributed by atoms with Gasteiger partial charge in [-0.05, 0) is 24.3 Å². The van der Waals surface area contributed by atoms with Gasteiger partial charge in [0.1, 0.15) is 83.3 Å². The minimum absolute atomic E-state index is 0.0669. The van der Waals surface area contributed by atoms with Crippen molar-refractivity contribution in [1.82, 2.24) is 0 Å². The summed E-state index contributed by atoms with van der Waals surface area (Å²) < 4.78 is 22.9. The van der Waals surface area contributed by atoms with Gasteiger partial charge in [0.25, 0.3) is 0 Å². The number of rotatable bonds is 6. The lowest BCUT2D eigenvalue weighted by molar-refractivity contribution is -0.278. The summed E-state index contributed by atoms with van der Waals surface area (Å²) in [4.78, 5) is 13.2. The van der Waals surface area contributed by atoms with Gasteiger partial charge in [0.05, 0.1) is 18.8 Å². The molecule has 42 heavy (non-hydrogen) atoms. The maximum absolute atomic E-state index is 13.2. The van der Waals surface area contributed by atoms with Gasteiger partial charge in [-0.3, -0.25) is 4.79 Å². The van der Waals surface area contributed by atoms with E-state index in [-0.39, 0.29) is 17.1 Å². The zero-order valence-corrected chi connectivity index (χ0v) is 21.7. The van der Waals surface area contributed by atoms with Crippen LogP contribution in [-0.2, 0) is 9.47 Å². The van der Waals surface area contributed by atoms with Crippen LogP contribution in [0, 0.1) is 0 Å².